The van der Waals surface area contributed by atoms with E-state index < -0.39 is 0 Å². The number of benzene rings is 2. The van der Waals surface area contributed by atoms with Crippen LogP contribution in [0.4, 0.5) is 0 Å². The largest absolute Gasteiger partial charge is 0.507 e. The van der Waals surface area contributed by atoms with E-state index in [-0.39, 0.29) is 17.2 Å². The van der Waals surface area contributed by atoms with Gasteiger partial charge in [-0.1, -0.05) is 24.3 Å². The van der Waals surface area contributed by atoms with E-state index in [9.17, 15) is 9.90 Å². The van der Waals surface area contributed by atoms with Gasteiger partial charge in [-0.25, -0.2) is 5.43 Å². The summed E-state index contributed by atoms with van der Waals surface area (Å²) in [6.45, 7) is 1.91. The molecule has 3 rings (SSSR count). The molecule has 2 aromatic carbocycles. The van der Waals surface area contributed by atoms with Crippen molar-refractivity contribution in [3.63, 3.8) is 0 Å². The Hall–Kier alpha value is -2.36. The lowest BCUT2D eigenvalue weighted by Gasteiger charge is -2.06. The number of amides is 1. The highest BCUT2D eigenvalue weighted by atomic mass is 16.3. The van der Waals surface area contributed by atoms with Crippen molar-refractivity contribution in [3.8, 4) is 5.75 Å². The van der Waals surface area contributed by atoms with Gasteiger partial charge in [0.05, 0.1) is 5.56 Å². The summed E-state index contributed by atoms with van der Waals surface area (Å²) in [5.74, 6) is 0.106. The Balaban J connectivity index is 1.86. The van der Waals surface area contributed by atoms with Crippen molar-refractivity contribution >= 4 is 22.4 Å². The number of hydrogen-bond acceptors (Lipinski definition) is 3. The molecule has 2 aromatic rings. The molecule has 4 nitrogen and oxygen atoms in total. The van der Waals surface area contributed by atoms with Gasteiger partial charge < -0.3 is 5.11 Å². The Morgan fingerprint density at radius 1 is 1.25 bits per heavy atom. The fourth-order valence-corrected chi connectivity index (χ4v) is 2.20. The van der Waals surface area contributed by atoms with Crippen LogP contribution in [0.2, 0.25) is 0 Å². The Morgan fingerprint density at radius 2 is 1.90 bits per heavy atom. The lowest BCUT2D eigenvalue weighted by atomic mass is 10.1. The van der Waals surface area contributed by atoms with Crippen LogP contribution in [0.5, 0.6) is 5.75 Å². The Bertz CT molecular complexity index is 703. The van der Waals surface area contributed by atoms with E-state index in [0.717, 1.165) is 29.3 Å². The molecule has 2 N–H and O–H groups in total. The second-order valence-electron chi connectivity index (χ2n) is 5.18. The zero-order chi connectivity index (χ0) is 14.1. The average molecular weight is 268 g/mol. The van der Waals surface area contributed by atoms with Gasteiger partial charge in [0.15, 0.2) is 0 Å². The first kappa shape index (κ1) is 12.7. The Kier molecular flexibility index (Phi) is 3.14. The molecule has 1 aliphatic carbocycles. The Labute approximate surface area is 117 Å². The number of hydrazone groups is 1. The van der Waals surface area contributed by atoms with Crippen molar-refractivity contribution in [1.82, 2.24) is 5.43 Å². The standard InChI is InChI=1S/C16H16N2O2/c1-10(11-6-7-11)17-18-16(20)14-8-12-4-2-3-5-13(12)9-15(14)19/h2-5,8-9,11,19H,6-7H2,1H3,(H,18,20)/b17-10-. The van der Waals surface area contributed by atoms with Crippen LogP contribution in [0.3, 0.4) is 0 Å². The predicted molar refractivity (Wildman–Crippen MR) is 78.9 cm³/mol. The number of nitrogens with one attached hydrogen (secondary N) is 1. The number of phenolic OH excluding ortho intramolecular Hbond substituents is 1. The van der Waals surface area contributed by atoms with Crippen LogP contribution in [0.1, 0.15) is 30.1 Å². The fraction of sp³-hybridized carbons (Fsp3) is 0.250. The van der Waals surface area contributed by atoms with Gasteiger partial charge in [0.25, 0.3) is 5.91 Å². The molecule has 20 heavy (non-hydrogen) atoms. The number of nitrogens with zero attached hydrogens (tertiary/aromatic N) is 1. The number of aromatic hydroxyl groups is 1. The fourth-order valence-electron chi connectivity index (χ4n) is 2.20. The van der Waals surface area contributed by atoms with E-state index >= 15 is 0 Å². The van der Waals surface area contributed by atoms with E-state index in [1.165, 1.54) is 0 Å². The molecule has 1 aliphatic rings. The summed E-state index contributed by atoms with van der Waals surface area (Å²) < 4.78 is 0. The summed E-state index contributed by atoms with van der Waals surface area (Å²) in [6, 6.07) is 10.9. The van der Waals surface area contributed by atoms with Gasteiger partial charge in [-0.2, -0.15) is 5.10 Å². The van der Waals surface area contributed by atoms with Gasteiger partial charge in [-0.3, -0.25) is 4.79 Å². The van der Waals surface area contributed by atoms with E-state index in [4.69, 9.17) is 0 Å². The maximum Gasteiger partial charge on any atom is 0.275 e. The van der Waals surface area contributed by atoms with E-state index in [2.05, 4.69) is 10.5 Å². The number of carbonyl (C=O) groups is 1. The van der Waals surface area contributed by atoms with E-state index in [0.29, 0.717) is 5.92 Å². The van der Waals surface area contributed by atoms with Crippen molar-refractivity contribution in [1.29, 1.82) is 0 Å². The topological polar surface area (TPSA) is 61.7 Å². The molecule has 0 atom stereocenters. The minimum absolute atomic E-state index is 0.0273. The smallest absolute Gasteiger partial charge is 0.275 e. The van der Waals surface area contributed by atoms with Gasteiger partial charge in [0.1, 0.15) is 5.75 Å². The summed E-state index contributed by atoms with van der Waals surface area (Å²) in [6.07, 6.45) is 2.29. The van der Waals surface area contributed by atoms with Gasteiger partial charge in [-0.15, -0.1) is 0 Å². The van der Waals surface area contributed by atoms with Crippen LogP contribution in [0, 0.1) is 5.92 Å². The summed E-state index contributed by atoms with van der Waals surface area (Å²) in [7, 11) is 0. The van der Waals surface area contributed by atoms with E-state index in [1.807, 2.05) is 31.2 Å². The number of phenols is 1. The molecular weight excluding hydrogens is 252 g/mol. The third-order valence-electron chi connectivity index (χ3n) is 3.61. The second kappa shape index (κ2) is 4.96. The number of carbonyl (C=O) groups excluding carboxylic acids is 1. The normalized spacial score (nSPS) is 15.3. The lowest BCUT2D eigenvalue weighted by molar-refractivity contribution is 0.0952. The molecule has 0 saturated heterocycles. The van der Waals surface area contributed by atoms with Crippen molar-refractivity contribution in [2.75, 3.05) is 0 Å². The third-order valence-corrected chi connectivity index (χ3v) is 3.61. The minimum Gasteiger partial charge on any atom is -0.507 e. The molecule has 0 spiro atoms. The summed E-state index contributed by atoms with van der Waals surface area (Å²) in [5, 5.41) is 15.9. The summed E-state index contributed by atoms with van der Waals surface area (Å²) >= 11 is 0. The molecule has 102 valence electrons. The first-order valence-electron chi connectivity index (χ1n) is 6.71. The number of fused-ring (bicyclic) bond motifs is 1. The molecule has 0 heterocycles. The molecule has 0 radical (unpaired) electrons. The maximum absolute atomic E-state index is 12.1. The van der Waals surface area contributed by atoms with Crippen LogP contribution in [0.15, 0.2) is 41.5 Å². The van der Waals surface area contributed by atoms with Crippen LogP contribution < -0.4 is 5.43 Å². The van der Waals surface area contributed by atoms with Crippen LogP contribution in [0.25, 0.3) is 10.8 Å². The molecular formula is C16H16N2O2. The molecule has 1 amide bonds. The quantitative estimate of drug-likeness (QED) is 0.664. The van der Waals surface area contributed by atoms with E-state index in [1.54, 1.807) is 12.1 Å². The number of rotatable bonds is 3. The van der Waals surface area contributed by atoms with Gasteiger partial charge in [0, 0.05) is 5.71 Å². The first-order chi connectivity index (χ1) is 9.65. The monoisotopic (exact) mass is 268 g/mol. The second-order valence-corrected chi connectivity index (χ2v) is 5.18. The lowest BCUT2D eigenvalue weighted by Crippen LogP contribution is -2.19. The van der Waals surface area contributed by atoms with Crippen LogP contribution >= 0.6 is 0 Å². The zero-order valence-electron chi connectivity index (χ0n) is 11.3. The molecule has 1 saturated carbocycles. The van der Waals surface area contributed by atoms with Gasteiger partial charge in [0.2, 0.25) is 0 Å². The molecule has 0 aromatic heterocycles. The molecule has 0 unspecified atom stereocenters. The maximum atomic E-state index is 12.1. The molecule has 1 fully saturated rings. The van der Waals surface area contributed by atoms with Crippen molar-refractivity contribution < 1.29 is 9.90 Å². The van der Waals surface area contributed by atoms with Crippen molar-refractivity contribution in [2.45, 2.75) is 19.8 Å². The van der Waals surface area contributed by atoms with Crippen LogP contribution in [-0.4, -0.2) is 16.7 Å². The highest BCUT2D eigenvalue weighted by molar-refractivity contribution is 6.02. The summed E-state index contributed by atoms with van der Waals surface area (Å²) in [5.41, 5.74) is 3.70. The van der Waals surface area contributed by atoms with Gasteiger partial charge >= 0.3 is 0 Å². The Morgan fingerprint density at radius 3 is 2.55 bits per heavy atom. The third kappa shape index (κ3) is 2.50. The molecule has 0 aliphatic heterocycles. The molecule has 4 heteroatoms. The highest BCUT2D eigenvalue weighted by Gasteiger charge is 2.24. The summed E-state index contributed by atoms with van der Waals surface area (Å²) in [4.78, 5) is 12.1. The first-order valence-corrected chi connectivity index (χ1v) is 6.71. The average Bonchev–Trinajstić information content (AvgIpc) is 3.28. The van der Waals surface area contributed by atoms with Crippen LogP contribution in [-0.2, 0) is 0 Å². The zero-order valence-corrected chi connectivity index (χ0v) is 11.3. The van der Waals surface area contributed by atoms with Crippen molar-refractivity contribution in [3.05, 3.63) is 42.0 Å². The molecule has 0 bridgehead atoms. The predicted octanol–water partition coefficient (Wildman–Crippen LogP) is 3.06. The SMILES string of the molecule is C/C(=N/NC(=O)c1cc2ccccc2cc1O)C1CC1. The minimum atomic E-state index is -0.381. The van der Waals surface area contributed by atoms with Crippen molar-refractivity contribution in [2.24, 2.45) is 11.0 Å². The van der Waals surface area contributed by atoms with Gasteiger partial charge in [-0.05, 0) is 48.6 Å². The highest BCUT2D eigenvalue weighted by Crippen LogP contribution is 2.30. The number of hydrogen-bond donors (Lipinski definition) is 2.